The van der Waals surface area contributed by atoms with E-state index in [1.165, 1.54) is 12.8 Å². The molecule has 1 fully saturated rings. The van der Waals surface area contributed by atoms with Gasteiger partial charge < -0.3 is 15.0 Å². The second-order valence-electron chi connectivity index (χ2n) is 4.48. The van der Waals surface area contributed by atoms with E-state index >= 15 is 0 Å². The number of ether oxygens (including phenoxy) is 1. The molecule has 0 aromatic carbocycles. The van der Waals surface area contributed by atoms with E-state index in [2.05, 4.69) is 27.1 Å². The van der Waals surface area contributed by atoms with Gasteiger partial charge in [-0.3, -0.25) is 0 Å². The fourth-order valence-corrected chi connectivity index (χ4v) is 2.29. The van der Waals surface area contributed by atoms with Crippen molar-refractivity contribution in [1.82, 2.24) is 15.3 Å². The lowest BCUT2D eigenvalue weighted by molar-refractivity contribution is 0.326. The van der Waals surface area contributed by atoms with E-state index in [0.29, 0.717) is 18.5 Å². The van der Waals surface area contributed by atoms with Crippen molar-refractivity contribution in [2.24, 2.45) is 0 Å². The van der Waals surface area contributed by atoms with Gasteiger partial charge >= 0.3 is 0 Å². The molecule has 1 aromatic rings. The van der Waals surface area contributed by atoms with Gasteiger partial charge in [-0.2, -0.15) is 0 Å². The van der Waals surface area contributed by atoms with Crippen LogP contribution >= 0.6 is 0 Å². The Balaban J connectivity index is 2.03. The standard InChI is InChI=1S/C13H22N4O/c1-3-17(9-11-6-5-7-14-11)12-8-13(18-4-2)16-10-15-12/h8,10-11,14H,3-7,9H2,1-2H3. The summed E-state index contributed by atoms with van der Waals surface area (Å²) >= 11 is 0. The molecule has 2 heterocycles. The third kappa shape index (κ3) is 3.32. The fourth-order valence-electron chi connectivity index (χ4n) is 2.29. The van der Waals surface area contributed by atoms with Crippen molar-refractivity contribution in [3.8, 4) is 5.88 Å². The van der Waals surface area contributed by atoms with Crippen LogP contribution in [0.5, 0.6) is 5.88 Å². The van der Waals surface area contributed by atoms with Crippen LogP contribution in [0.2, 0.25) is 0 Å². The van der Waals surface area contributed by atoms with Crippen LogP contribution in [0.15, 0.2) is 12.4 Å². The summed E-state index contributed by atoms with van der Waals surface area (Å²) in [6, 6.07) is 2.50. The first kappa shape index (κ1) is 13.1. The van der Waals surface area contributed by atoms with Gasteiger partial charge in [0.25, 0.3) is 0 Å². The predicted molar refractivity (Wildman–Crippen MR) is 72.1 cm³/mol. The van der Waals surface area contributed by atoms with Gasteiger partial charge in [-0.1, -0.05) is 0 Å². The minimum Gasteiger partial charge on any atom is -0.478 e. The van der Waals surface area contributed by atoms with Gasteiger partial charge in [0.2, 0.25) is 5.88 Å². The number of likely N-dealkylation sites (N-methyl/N-ethyl adjacent to an activating group) is 1. The van der Waals surface area contributed by atoms with Crippen molar-refractivity contribution in [2.45, 2.75) is 32.7 Å². The maximum Gasteiger partial charge on any atom is 0.218 e. The summed E-state index contributed by atoms with van der Waals surface area (Å²) in [6.07, 6.45) is 4.10. The molecule has 1 aromatic heterocycles. The van der Waals surface area contributed by atoms with Gasteiger partial charge in [0.15, 0.2) is 0 Å². The average molecular weight is 250 g/mol. The molecule has 1 aliphatic heterocycles. The number of nitrogens with zero attached hydrogens (tertiary/aromatic N) is 3. The number of anilines is 1. The molecule has 5 heteroatoms. The molecular weight excluding hydrogens is 228 g/mol. The van der Waals surface area contributed by atoms with Gasteiger partial charge in [-0.15, -0.1) is 0 Å². The average Bonchev–Trinajstić information content (AvgIpc) is 2.89. The highest BCUT2D eigenvalue weighted by molar-refractivity contribution is 5.40. The zero-order chi connectivity index (χ0) is 12.8. The number of aromatic nitrogens is 2. The fraction of sp³-hybridized carbons (Fsp3) is 0.692. The smallest absolute Gasteiger partial charge is 0.218 e. The lowest BCUT2D eigenvalue weighted by Crippen LogP contribution is -2.37. The SMILES string of the molecule is CCOc1cc(N(CC)CC2CCCN2)ncn1. The molecule has 0 radical (unpaired) electrons. The predicted octanol–water partition coefficient (Wildman–Crippen LogP) is 1.45. The van der Waals surface area contributed by atoms with Crippen molar-refractivity contribution in [1.29, 1.82) is 0 Å². The molecule has 0 bridgehead atoms. The molecule has 100 valence electrons. The first-order valence-electron chi connectivity index (χ1n) is 6.76. The second-order valence-corrected chi connectivity index (χ2v) is 4.48. The summed E-state index contributed by atoms with van der Waals surface area (Å²) in [5, 5.41) is 3.51. The van der Waals surface area contributed by atoms with Crippen LogP contribution in [0.4, 0.5) is 5.82 Å². The number of hydrogen-bond donors (Lipinski definition) is 1. The Hall–Kier alpha value is -1.36. The minimum atomic E-state index is 0.579. The van der Waals surface area contributed by atoms with Crippen molar-refractivity contribution < 1.29 is 4.74 Å². The molecule has 1 N–H and O–H groups in total. The summed E-state index contributed by atoms with van der Waals surface area (Å²) in [7, 11) is 0. The highest BCUT2D eigenvalue weighted by Gasteiger charge is 2.18. The van der Waals surface area contributed by atoms with Crippen molar-refractivity contribution in [3.63, 3.8) is 0 Å². The summed E-state index contributed by atoms with van der Waals surface area (Å²) in [5.41, 5.74) is 0. The maximum atomic E-state index is 5.42. The van der Waals surface area contributed by atoms with Crippen LogP contribution in [0.25, 0.3) is 0 Å². The Morgan fingerprint density at radius 1 is 1.44 bits per heavy atom. The zero-order valence-corrected chi connectivity index (χ0v) is 11.2. The largest absolute Gasteiger partial charge is 0.478 e. The molecule has 0 aliphatic carbocycles. The van der Waals surface area contributed by atoms with Crippen LogP contribution in [0, 0.1) is 0 Å². The summed E-state index contributed by atoms with van der Waals surface area (Å²) in [5.74, 6) is 1.60. The normalized spacial score (nSPS) is 18.9. The third-order valence-corrected chi connectivity index (χ3v) is 3.23. The van der Waals surface area contributed by atoms with Crippen LogP contribution in [-0.4, -0.2) is 42.3 Å². The summed E-state index contributed by atoms with van der Waals surface area (Å²) in [6.45, 7) is 7.82. The van der Waals surface area contributed by atoms with E-state index in [1.54, 1.807) is 6.33 Å². The molecule has 1 unspecified atom stereocenters. The van der Waals surface area contributed by atoms with Crippen molar-refractivity contribution >= 4 is 5.82 Å². The van der Waals surface area contributed by atoms with E-state index < -0.39 is 0 Å². The molecule has 1 saturated heterocycles. The van der Waals surface area contributed by atoms with Gasteiger partial charge in [-0.05, 0) is 33.2 Å². The lowest BCUT2D eigenvalue weighted by atomic mass is 10.2. The Morgan fingerprint density at radius 3 is 3.00 bits per heavy atom. The highest BCUT2D eigenvalue weighted by Crippen LogP contribution is 2.17. The number of rotatable bonds is 6. The Morgan fingerprint density at radius 2 is 2.33 bits per heavy atom. The van der Waals surface area contributed by atoms with Crippen molar-refractivity contribution in [2.75, 3.05) is 31.1 Å². The van der Waals surface area contributed by atoms with Crippen molar-refractivity contribution in [3.05, 3.63) is 12.4 Å². The number of hydrogen-bond acceptors (Lipinski definition) is 5. The second kappa shape index (κ2) is 6.54. The third-order valence-electron chi connectivity index (χ3n) is 3.23. The Kier molecular flexibility index (Phi) is 4.75. The molecular formula is C13H22N4O. The zero-order valence-electron chi connectivity index (χ0n) is 11.2. The monoisotopic (exact) mass is 250 g/mol. The van der Waals surface area contributed by atoms with Gasteiger partial charge in [0.05, 0.1) is 6.61 Å². The van der Waals surface area contributed by atoms with Crippen LogP contribution in [0.1, 0.15) is 26.7 Å². The van der Waals surface area contributed by atoms with E-state index in [1.807, 2.05) is 13.0 Å². The number of nitrogens with one attached hydrogen (secondary N) is 1. The molecule has 1 aliphatic rings. The van der Waals surface area contributed by atoms with Gasteiger partial charge in [0, 0.05) is 25.2 Å². The molecule has 5 nitrogen and oxygen atoms in total. The van der Waals surface area contributed by atoms with E-state index in [4.69, 9.17) is 4.74 Å². The van der Waals surface area contributed by atoms with Gasteiger partial charge in [-0.25, -0.2) is 9.97 Å². The maximum absolute atomic E-state index is 5.42. The molecule has 0 amide bonds. The molecule has 0 saturated carbocycles. The lowest BCUT2D eigenvalue weighted by Gasteiger charge is -2.25. The Bertz CT molecular complexity index is 366. The molecule has 0 spiro atoms. The minimum absolute atomic E-state index is 0.579. The van der Waals surface area contributed by atoms with Crippen LogP contribution in [0.3, 0.4) is 0 Å². The molecule has 18 heavy (non-hydrogen) atoms. The van der Waals surface area contributed by atoms with E-state index in [0.717, 1.165) is 25.5 Å². The quantitative estimate of drug-likeness (QED) is 0.828. The molecule has 1 atom stereocenters. The molecule has 2 rings (SSSR count). The Labute approximate surface area is 109 Å². The van der Waals surface area contributed by atoms with Gasteiger partial charge in [0.1, 0.15) is 12.1 Å². The van der Waals surface area contributed by atoms with Crippen LogP contribution in [-0.2, 0) is 0 Å². The first-order chi connectivity index (χ1) is 8.83. The van der Waals surface area contributed by atoms with E-state index in [-0.39, 0.29) is 0 Å². The first-order valence-corrected chi connectivity index (χ1v) is 6.76. The summed E-state index contributed by atoms with van der Waals surface area (Å²) in [4.78, 5) is 10.7. The van der Waals surface area contributed by atoms with E-state index in [9.17, 15) is 0 Å². The summed E-state index contributed by atoms with van der Waals surface area (Å²) < 4.78 is 5.42. The topological polar surface area (TPSA) is 50.3 Å². The highest BCUT2D eigenvalue weighted by atomic mass is 16.5. The van der Waals surface area contributed by atoms with Crippen LogP contribution < -0.4 is 15.0 Å².